The van der Waals surface area contributed by atoms with Crippen molar-refractivity contribution >= 4 is 5.65 Å². The zero-order chi connectivity index (χ0) is 11.8. The Labute approximate surface area is 96.8 Å². The molecule has 2 heterocycles. The number of rotatable bonds is 1. The summed E-state index contributed by atoms with van der Waals surface area (Å²) >= 11 is 0. The van der Waals surface area contributed by atoms with Crippen LogP contribution >= 0.6 is 0 Å². The highest BCUT2D eigenvalue weighted by Gasteiger charge is 2.07. The molecule has 0 spiro atoms. The number of hydrogen-bond donors (Lipinski definition) is 1. The van der Waals surface area contributed by atoms with Crippen molar-refractivity contribution in [2.24, 2.45) is 0 Å². The first kappa shape index (κ1) is 9.77. The number of aromatic nitrogens is 4. The Balaban J connectivity index is 2.28. The first-order valence-corrected chi connectivity index (χ1v) is 5.26. The summed E-state index contributed by atoms with van der Waals surface area (Å²) in [6.45, 7) is 1.75. The first-order valence-electron chi connectivity index (χ1n) is 5.26. The summed E-state index contributed by atoms with van der Waals surface area (Å²) in [5.41, 5.74) is 2.00. The lowest BCUT2D eigenvalue weighted by atomic mass is 10.2. The lowest BCUT2D eigenvalue weighted by Crippen LogP contribution is -2.19. The van der Waals surface area contributed by atoms with Gasteiger partial charge in [0.15, 0.2) is 5.65 Å². The van der Waals surface area contributed by atoms with Crippen molar-refractivity contribution in [3.63, 3.8) is 0 Å². The van der Waals surface area contributed by atoms with E-state index in [0.29, 0.717) is 11.5 Å². The second-order valence-electron chi connectivity index (χ2n) is 3.79. The van der Waals surface area contributed by atoms with Crippen LogP contribution in [0.2, 0.25) is 0 Å². The molecule has 5 heteroatoms. The van der Waals surface area contributed by atoms with Crippen LogP contribution in [0.15, 0.2) is 41.2 Å². The molecule has 2 aromatic heterocycles. The molecule has 0 atom stereocenters. The Morgan fingerprint density at radius 2 is 2.00 bits per heavy atom. The van der Waals surface area contributed by atoms with Gasteiger partial charge in [-0.1, -0.05) is 30.3 Å². The number of fused-ring (bicyclic) bond motifs is 1. The molecule has 5 nitrogen and oxygen atoms in total. The number of nitrogens with one attached hydrogen (secondary N) is 1. The first-order chi connectivity index (χ1) is 8.24. The summed E-state index contributed by atoms with van der Waals surface area (Å²) in [5, 5.41) is 4.23. The molecule has 1 aromatic carbocycles. The van der Waals surface area contributed by atoms with E-state index in [1.54, 1.807) is 13.0 Å². The van der Waals surface area contributed by atoms with Gasteiger partial charge in [-0.05, 0) is 6.92 Å². The van der Waals surface area contributed by atoms with E-state index in [9.17, 15) is 4.79 Å². The zero-order valence-electron chi connectivity index (χ0n) is 9.21. The second-order valence-corrected chi connectivity index (χ2v) is 3.79. The van der Waals surface area contributed by atoms with Crippen molar-refractivity contribution in [2.45, 2.75) is 6.92 Å². The zero-order valence-corrected chi connectivity index (χ0v) is 9.21. The minimum absolute atomic E-state index is 0.269. The lowest BCUT2D eigenvalue weighted by Gasteiger charge is -1.93. The molecule has 0 aliphatic heterocycles. The quantitative estimate of drug-likeness (QED) is 0.682. The monoisotopic (exact) mass is 226 g/mol. The maximum atomic E-state index is 11.6. The van der Waals surface area contributed by atoms with Crippen LogP contribution in [0.25, 0.3) is 16.9 Å². The van der Waals surface area contributed by atoms with Crippen molar-refractivity contribution in [1.82, 2.24) is 19.6 Å². The molecule has 0 bridgehead atoms. The average molecular weight is 226 g/mol. The van der Waals surface area contributed by atoms with Gasteiger partial charge in [-0.15, -0.1) is 0 Å². The molecule has 0 saturated heterocycles. The van der Waals surface area contributed by atoms with Crippen LogP contribution in [-0.4, -0.2) is 19.6 Å². The van der Waals surface area contributed by atoms with E-state index in [1.807, 2.05) is 30.3 Å². The predicted octanol–water partition coefficient (Wildman–Crippen LogP) is 1.39. The van der Waals surface area contributed by atoms with Gasteiger partial charge in [0.1, 0.15) is 5.82 Å². The van der Waals surface area contributed by atoms with Crippen molar-refractivity contribution in [3.05, 3.63) is 52.7 Å². The van der Waals surface area contributed by atoms with Crippen LogP contribution < -0.4 is 5.69 Å². The minimum atomic E-state index is -0.269. The highest BCUT2D eigenvalue weighted by atomic mass is 16.1. The Kier molecular flexibility index (Phi) is 2.04. The van der Waals surface area contributed by atoms with Gasteiger partial charge in [0, 0.05) is 11.6 Å². The standard InChI is InChI=1S/C12H10N4O/c1-8-13-11-7-10(9-5-3-2-4-6-9)15-16(11)12(17)14-8/h2-7H,1H3,(H,13,14,17). The molecular weight excluding hydrogens is 216 g/mol. The van der Waals surface area contributed by atoms with E-state index < -0.39 is 0 Å². The van der Waals surface area contributed by atoms with Crippen molar-refractivity contribution < 1.29 is 0 Å². The molecule has 0 fully saturated rings. The van der Waals surface area contributed by atoms with E-state index >= 15 is 0 Å². The fraction of sp³-hybridized carbons (Fsp3) is 0.0833. The molecule has 0 saturated carbocycles. The third-order valence-corrected chi connectivity index (χ3v) is 2.52. The van der Waals surface area contributed by atoms with Gasteiger partial charge in [-0.25, -0.2) is 9.78 Å². The Bertz CT molecular complexity index is 727. The Morgan fingerprint density at radius 1 is 1.24 bits per heavy atom. The summed E-state index contributed by atoms with van der Waals surface area (Å²) in [7, 11) is 0. The molecule has 0 unspecified atom stereocenters. The van der Waals surface area contributed by atoms with Crippen LogP contribution in [0, 0.1) is 6.92 Å². The smallest absolute Gasteiger partial charge is 0.294 e. The van der Waals surface area contributed by atoms with Crippen molar-refractivity contribution in [2.75, 3.05) is 0 Å². The van der Waals surface area contributed by atoms with Gasteiger partial charge in [0.2, 0.25) is 0 Å². The van der Waals surface area contributed by atoms with E-state index in [4.69, 9.17) is 0 Å². The summed E-state index contributed by atoms with van der Waals surface area (Å²) < 4.78 is 1.27. The summed E-state index contributed by atoms with van der Waals surface area (Å²) in [6.07, 6.45) is 0. The second kappa shape index (κ2) is 3.55. The van der Waals surface area contributed by atoms with E-state index in [-0.39, 0.29) is 5.69 Å². The fourth-order valence-corrected chi connectivity index (χ4v) is 1.76. The van der Waals surface area contributed by atoms with Gasteiger partial charge in [-0.2, -0.15) is 9.61 Å². The number of aromatic amines is 1. The molecule has 3 aromatic rings. The van der Waals surface area contributed by atoms with Gasteiger partial charge < -0.3 is 0 Å². The van der Waals surface area contributed by atoms with Gasteiger partial charge >= 0.3 is 5.69 Å². The molecular formula is C12H10N4O. The number of nitrogens with zero attached hydrogens (tertiary/aromatic N) is 3. The fourth-order valence-electron chi connectivity index (χ4n) is 1.76. The van der Waals surface area contributed by atoms with E-state index in [0.717, 1.165) is 11.3 Å². The van der Waals surface area contributed by atoms with Crippen molar-refractivity contribution in [1.29, 1.82) is 0 Å². The Morgan fingerprint density at radius 3 is 2.76 bits per heavy atom. The van der Waals surface area contributed by atoms with Crippen LogP contribution in [0.1, 0.15) is 5.82 Å². The molecule has 17 heavy (non-hydrogen) atoms. The highest BCUT2D eigenvalue weighted by Crippen LogP contribution is 2.17. The lowest BCUT2D eigenvalue weighted by molar-refractivity contribution is 0.822. The van der Waals surface area contributed by atoms with Gasteiger partial charge in [-0.3, -0.25) is 4.98 Å². The van der Waals surface area contributed by atoms with Crippen molar-refractivity contribution in [3.8, 4) is 11.3 Å². The van der Waals surface area contributed by atoms with Crippen LogP contribution in [0.5, 0.6) is 0 Å². The number of hydrogen-bond acceptors (Lipinski definition) is 3. The molecule has 0 amide bonds. The van der Waals surface area contributed by atoms with E-state index in [1.165, 1.54) is 4.52 Å². The SMILES string of the molecule is Cc1nc2cc(-c3ccccc3)nn2c(=O)[nH]1. The average Bonchev–Trinajstić information content (AvgIpc) is 2.74. The topological polar surface area (TPSA) is 63.1 Å². The molecule has 0 aliphatic rings. The van der Waals surface area contributed by atoms with Crippen LogP contribution in [-0.2, 0) is 0 Å². The molecule has 0 radical (unpaired) electrons. The molecule has 84 valence electrons. The number of H-pyrrole nitrogens is 1. The maximum Gasteiger partial charge on any atom is 0.349 e. The van der Waals surface area contributed by atoms with Crippen LogP contribution in [0.4, 0.5) is 0 Å². The molecule has 1 N–H and O–H groups in total. The predicted molar refractivity (Wildman–Crippen MR) is 63.8 cm³/mol. The summed E-state index contributed by atoms with van der Waals surface area (Å²) in [5.74, 6) is 0.585. The normalized spacial score (nSPS) is 10.9. The highest BCUT2D eigenvalue weighted by molar-refractivity contribution is 5.63. The minimum Gasteiger partial charge on any atom is -0.294 e. The van der Waals surface area contributed by atoms with Crippen LogP contribution in [0.3, 0.4) is 0 Å². The third-order valence-electron chi connectivity index (χ3n) is 2.52. The maximum absolute atomic E-state index is 11.6. The molecule has 0 aliphatic carbocycles. The van der Waals surface area contributed by atoms with Gasteiger partial charge in [0.25, 0.3) is 0 Å². The largest absolute Gasteiger partial charge is 0.349 e. The third kappa shape index (κ3) is 1.61. The Hall–Kier alpha value is -2.43. The number of aryl methyl sites for hydroxylation is 1. The number of benzene rings is 1. The summed E-state index contributed by atoms with van der Waals surface area (Å²) in [6, 6.07) is 11.5. The van der Waals surface area contributed by atoms with E-state index in [2.05, 4.69) is 15.1 Å². The van der Waals surface area contributed by atoms with Gasteiger partial charge in [0.05, 0.1) is 5.69 Å². The molecule has 3 rings (SSSR count). The summed E-state index contributed by atoms with van der Waals surface area (Å²) in [4.78, 5) is 18.5.